The molecule has 1 heterocycles. The fourth-order valence-electron chi connectivity index (χ4n) is 3.64. The van der Waals surface area contributed by atoms with E-state index in [1.807, 2.05) is 0 Å². The molecule has 0 aromatic heterocycles. The molecule has 20 heavy (non-hydrogen) atoms. The number of hydrogen-bond donors (Lipinski definition) is 1. The van der Waals surface area contributed by atoms with Gasteiger partial charge >= 0.3 is 0 Å². The Morgan fingerprint density at radius 2 is 1.70 bits per heavy atom. The number of benzene rings is 2. The Balaban J connectivity index is 2.06. The van der Waals surface area contributed by atoms with Gasteiger partial charge in [-0.05, 0) is 45.4 Å². The van der Waals surface area contributed by atoms with Crippen molar-refractivity contribution in [1.82, 2.24) is 0 Å². The van der Waals surface area contributed by atoms with Gasteiger partial charge in [0.15, 0.2) is 0 Å². The van der Waals surface area contributed by atoms with Crippen molar-refractivity contribution >= 4 is 0 Å². The molecular formula is C18H19NO. The molecule has 0 spiro atoms. The predicted octanol–water partition coefficient (Wildman–Crippen LogP) is 3.56. The Morgan fingerprint density at radius 3 is 2.45 bits per heavy atom. The summed E-state index contributed by atoms with van der Waals surface area (Å²) in [5.41, 5.74) is 14.2. The van der Waals surface area contributed by atoms with Gasteiger partial charge in [0, 0.05) is 0 Å². The molecule has 2 N–H and O–H groups in total. The van der Waals surface area contributed by atoms with Crippen molar-refractivity contribution in [1.29, 1.82) is 0 Å². The van der Waals surface area contributed by atoms with Gasteiger partial charge in [0.1, 0.15) is 0 Å². The molecule has 2 nitrogen and oxygen atoms in total. The lowest BCUT2D eigenvalue weighted by molar-refractivity contribution is 0.134. The van der Waals surface area contributed by atoms with Crippen LogP contribution in [-0.4, -0.2) is 0 Å². The normalized spacial score (nSPS) is 22.8. The van der Waals surface area contributed by atoms with Gasteiger partial charge < -0.3 is 10.5 Å². The molecule has 0 radical (unpaired) electrons. The van der Waals surface area contributed by atoms with E-state index in [0.29, 0.717) is 12.5 Å². The molecule has 0 amide bonds. The van der Waals surface area contributed by atoms with Crippen LogP contribution in [0.1, 0.15) is 36.1 Å². The summed E-state index contributed by atoms with van der Waals surface area (Å²) in [7, 11) is 0. The highest BCUT2D eigenvalue weighted by atomic mass is 16.5. The van der Waals surface area contributed by atoms with Gasteiger partial charge in [-0.15, -0.1) is 0 Å². The first-order valence-corrected chi connectivity index (χ1v) is 7.25. The number of ether oxygens (including phenoxy) is 1. The van der Waals surface area contributed by atoms with E-state index in [1.54, 1.807) is 0 Å². The second kappa shape index (κ2) is 3.94. The van der Waals surface area contributed by atoms with E-state index < -0.39 is 0 Å². The molecule has 0 fully saturated rings. The molecule has 1 aliphatic heterocycles. The first-order chi connectivity index (χ1) is 9.62. The molecule has 2 heteroatoms. The average molecular weight is 265 g/mol. The van der Waals surface area contributed by atoms with Gasteiger partial charge in [0.25, 0.3) is 0 Å². The summed E-state index contributed by atoms with van der Waals surface area (Å²) < 4.78 is 5.57. The number of nitrogens with two attached hydrogens (primary N) is 1. The zero-order valence-corrected chi connectivity index (χ0v) is 11.9. The van der Waals surface area contributed by atoms with Crippen LogP contribution >= 0.6 is 0 Å². The minimum absolute atomic E-state index is 0.352. The van der Waals surface area contributed by atoms with Crippen LogP contribution in [0.25, 0.3) is 11.1 Å². The zero-order chi connectivity index (χ0) is 13.9. The SMILES string of the molecule is CC(C)C1(N)c2ccccc2-c2cc3c(cc21)COC3. The first-order valence-electron chi connectivity index (χ1n) is 7.25. The Kier molecular flexibility index (Phi) is 2.39. The quantitative estimate of drug-likeness (QED) is 0.855. The molecule has 0 bridgehead atoms. The third-order valence-electron chi connectivity index (χ3n) is 4.87. The monoisotopic (exact) mass is 265 g/mol. The molecule has 1 unspecified atom stereocenters. The van der Waals surface area contributed by atoms with Crippen LogP contribution < -0.4 is 5.73 Å². The van der Waals surface area contributed by atoms with Crippen molar-refractivity contribution in [3.05, 3.63) is 58.7 Å². The molecule has 1 aliphatic carbocycles. The maximum atomic E-state index is 6.88. The van der Waals surface area contributed by atoms with Crippen LogP contribution in [0.15, 0.2) is 36.4 Å². The lowest BCUT2D eigenvalue weighted by atomic mass is 9.78. The topological polar surface area (TPSA) is 35.2 Å². The van der Waals surface area contributed by atoms with Crippen LogP contribution in [0, 0.1) is 5.92 Å². The Morgan fingerprint density at radius 1 is 1.00 bits per heavy atom. The lowest BCUT2D eigenvalue weighted by Crippen LogP contribution is -2.41. The van der Waals surface area contributed by atoms with Crippen molar-refractivity contribution in [2.45, 2.75) is 32.6 Å². The number of hydrogen-bond acceptors (Lipinski definition) is 2. The van der Waals surface area contributed by atoms with Crippen LogP contribution in [0.3, 0.4) is 0 Å². The fraction of sp³-hybridized carbons (Fsp3) is 0.333. The largest absolute Gasteiger partial charge is 0.372 e. The van der Waals surface area contributed by atoms with Gasteiger partial charge in [-0.25, -0.2) is 0 Å². The van der Waals surface area contributed by atoms with E-state index in [-0.39, 0.29) is 5.54 Å². The highest BCUT2D eigenvalue weighted by Gasteiger charge is 2.42. The Bertz CT molecular complexity index is 705. The summed E-state index contributed by atoms with van der Waals surface area (Å²) in [6.07, 6.45) is 0. The minimum Gasteiger partial charge on any atom is -0.372 e. The molecule has 2 aromatic carbocycles. The molecule has 2 aliphatic rings. The van der Waals surface area contributed by atoms with E-state index in [0.717, 1.165) is 6.61 Å². The highest BCUT2D eigenvalue weighted by Crippen LogP contribution is 2.50. The number of fused-ring (bicyclic) bond motifs is 4. The highest BCUT2D eigenvalue weighted by molar-refractivity contribution is 5.81. The van der Waals surface area contributed by atoms with Crippen molar-refractivity contribution in [2.24, 2.45) is 11.7 Å². The fourth-order valence-corrected chi connectivity index (χ4v) is 3.64. The lowest BCUT2D eigenvalue weighted by Gasteiger charge is -2.32. The predicted molar refractivity (Wildman–Crippen MR) is 80.2 cm³/mol. The summed E-state index contributed by atoms with van der Waals surface area (Å²) in [4.78, 5) is 0. The smallest absolute Gasteiger partial charge is 0.0725 e. The second-order valence-electron chi connectivity index (χ2n) is 6.23. The second-order valence-corrected chi connectivity index (χ2v) is 6.23. The molecule has 0 saturated heterocycles. The zero-order valence-electron chi connectivity index (χ0n) is 11.9. The maximum Gasteiger partial charge on any atom is 0.0725 e. The molecule has 4 rings (SSSR count). The summed E-state index contributed by atoms with van der Waals surface area (Å²) in [5.74, 6) is 0.352. The van der Waals surface area contributed by atoms with Crippen LogP contribution in [0.5, 0.6) is 0 Å². The first kappa shape index (κ1) is 12.1. The van der Waals surface area contributed by atoms with Gasteiger partial charge in [0.2, 0.25) is 0 Å². The van der Waals surface area contributed by atoms with Crippen LogP contribution in [0.4, 0.5) is 0 Å². The van der Waals surface area contributed by atoms with Gasteiger partial charge in [-0.3, -0.25) is 0 Å². The van der Waals surface area contributed by atoms with Crippen LogP contribution in [-0.2, 0) is 23.5 Å². The Hall–Kier alpha value is -1.64. The van der Waals surface area contributed by atoms with E-state index >= 15 is 0 Å². The van der Waals surface area contributed by atoms with Gasteiger partial charge in [0.05, 0.1) is 18.8 Å². The van der Waals surface area contributed by atoms with E-state index in [9.17, 15) is 0 Å². The maximum absolute atomic E-state index is 6.88. The van der Waals surface area contributed by atoms with Crippen molar-refractivity contribution in [2.75, 3.05) is 0 Å². The third-order valence-corrected chi connectivity index (χ3v) is 4.87. The minimum atomic E-state index is -0.385. The molecule has 1 atom stereocenters. The molecule has 2 aromatic rings. The van der Waals surface area contributed by atoms with Gasteiger partial charge in [-0.2, -0.15) is 0 Å². The standard InChI is InChI=1S/C18H19NO/c1-11(2)18(19)16-6-4-3-5-14(16)15-7-12-9-20-10-13(12)8-17(15)18/h3-8,11H,9-10,19H2,1-2H3. The number of rotatable bonds is 1. The van der Waals surface area contributed by atoms with E-state index in [4.69, 9.17) is 10.5 Å². The summed E-state index contributed by atoms with van der Waals surface area (Å²) in [6.45, 7) is 5.85. The van der Waals surface area contributed by atoms with Crippen molar-refractivity contribution < 1.29 is 4.74 Å². The average Bonchev–Trinajstić information content (AvgIpc) is 3.00. The molecular weight excluding hydrogens is 246 g/mol. The third kappa shape index (κ3) is 1.36. The van der Waals surface area contributed by atoms with Crippen molar-refractivity contribution in [3.63, 3.8) is 0 Å². The van der Waals surface area contributed by atoms with E-state index in [2.05, 4.69) is 50.2 Å². The molecule has 0 saturated carbocycles. The molecule has 102 valence electrons. The summed E-state index contributed by atoms with van der Waals surface area (Å²) in [6, 6.07) is 13.1. The summed E-state index contributed by atoms with van der Waals surface area (Å²) >= 11 is 0. The Labute approximate surface area is 119 Å². The summed E-state index contributed by atoms with van der Waals surface area (Å²) in [5, 5.41) is 0. The van der Waals surface area contributed by atoms with Crippen molar-refractivity contribution in [3.8, 4) is 11.1 Å². The van der Waals surface area contributed by atoms with Crippen LogP contribution in [0.2, 0.25) is 0 Å². The van der Waals surface area contributed by atoms with Gasteiger partial charge in [-0.1, -0.05) is 44.2 Å². The van der Waals surface area contributed by atoms with E-state index in [1.165, 1.54) is 33.4 Å².